The summed E-state index contributed by atoms with van der Waals surface area (Å²) in [5.41, 5.74) is 0.717. The van der Waals surface area contributed by atoms with Crippen LogP contribution < -0.4 is 9.47 Å². The Balaban J connectivity index is 1.80. The van der Waals surface area contributed by atoms with Crippen LogP contribution in [-0.4, -0.2) is 70.8 Å². The van der Waals surface area contributed by atoms with Crippen LogP contribution in [0.2, 0.25) is 0 Å². The van der Waals surface area contributed by atoms with E-state index in [2.05, 4.69) is 0 Å². The summed E-state index contributed by atoms with van der Waals surface area (Å²) < 4.78 is 16.5. The zero-order valence-electron chi connectivity index (χ0n) is 15.4. The van der Waals surface area contributed by atoms with Gasteiger partial charge < -0.3 is 19.3 Å². The lowest BCUT2D eigenvalue weighted by atomic mass is 10.2. The van der Waals surface area contributed by atoms with Crippen molar-refractivity contribution in [3.8, 4) is 11.5 Å². The third kappa shape index (κ3) is 4.46. The number of hydrazine groups is 1. The number of hydrogen-bond donors (Lipinski definition) is 1. The molecule has 0 bridgehead atoms. The van der Waals surface area contributed by atoms with Gasteiger partial charge in [0.25, 0.3) is 5.91 Å². The standard InChI is InChI=1S/C18H20N2O6S2/c1-11(17(22)23)26-13-4-3-12(9-14(13)24-2)10-15-16(21)20(18(27)28-15)19-5-7-25-8-6-19/h3-4,9-11H,5-8H2,1-2H3,(H,22,23)/b15-10+. The third-order valence-electron chi connectivity index (χ3n) is 4.18. The molecule has 150 valence electrons. The number of aliphatic carboxylic acids is 1. The highest BCUT2D eigenvalue weighted by Gasteiger charge is 2.37. The van der Waals surface area contributed by atoms with Crippen LogP contribution in [0.1, 0.15) is 12.5 Å². The van der Waals surface area contributed by atoms with Crippen LogP contribution in [0.4, 0.5) is 0 Å². The molecule has 1 aromatic carbocycles. The smallest absolute Gasteiger partial charge is 0.344 e. The Labute approximate surface area is 172 Å². The first kappa shape index (κ1) is 20.6. The van der Waals surface area contributed by atoms with Crippen LogP contribution >= 0.6 is 24.0 Å². The quantitative estimate of drug-likeness (QED) is 0.544. The minimum absolute atomic E-state index is 0.171. The number of hydrogen-bond acceptors (Lipinski definition) is 8. The maximum atomic E-state index is 12.8. The van der Waals surface area contributed by atoms with E-state index in [1.807, 2.05) is 5.01 Å². The number of carbonyl (C=O) groups excluding carboxylic acids is 1. The average molecular weight is 425 g/mol. The number of rotatable bonds is 6. The Morgan fingerprint density at radius 3 is 2.71 bits per heavy atom. The van der Waals surface area contributed by atoms with Gasteiger partial charge in [0, 0.05) is 13.1 Å². The molecule has 1 atom stereocenters. The number of morpholine rings is 1. The Kier molecular flexibility index (Phi) is 6.55. The molecule has 2 saturated heterocycles. The van der Waals surface area contributed by atoms with E-state index in [4.69, 9.17) is 31.5 Å². The number of ether oxygens (including phenoxy) is 3. The van der Waals surface area contributed by atoms with E-state index >= 15 is 0 Å². The fourth-order valence-corrected chi connectivity index (χ4v) is 4.03. The Hall–Kier alpha value is -2.14. The molecule has 0 aliphatic carbocycles. The van der Waals surface area contributed by atoms with E-state index in [0.29, 0.717) is 47.0 Å². The van der Waals surface area contributed by atoms with Gasteiger partial charge in [0.1, 0.15) is 0 Å². The van der Waals surface area contributed by atoms with Gasteiger partial charge in [-0.3, -0.25) is 4.79 Å². The first-order valence-corrected chi connectivity index (χ1v) is 9.81. The topological polar surface area (TPSA) is 88.5 Å². The van der Waals surface area contributed by atoms with Crippen molar-refractivity contribution in [1.29, 1.82) is 0 Å². The zero-order valence-corrected chi connectivity index (χ0v) is 17.0. The number of amides is 1. The van der Waals surface area contributed by atoms with Crippen LogP contribution in [0.25, 0.3) is 6.08 Å². The zero-order chi connectivity index (χ0) is 20.3. The molecule has 0 aromatic heterocycles. The molecule has 1 amide bonds. The number of benzene rings is 1. The van der Waals surface area contributed by atoms with Crippen molar-refractivity contribution in [2.24, 2.45) is 0 Å². The van der Waals surface area contributed by atoms with Gasteiger partial charge in [0.05, 0.1) is 25.2 Å². The fraction of sp³-hybridized carbons (Fsp3) is 0.389. The van der Waals surface area contributed by atoms with Gasteiger partial charge in [-0.15, -0.1) is 0 Å². The Morgan fingerprint density at radius 1 is 1.36 bits per heavy atom. The second-order valence-corrected chi connectivity index (χ2v) is 7.74. The van der Waals surface area contributed by atoms with Gasteiger partial charge in [-0.1, -0.05) is 30.0 Å². The van der Waals surface area contributed by atoms with Gasteiger partial charge in [-0.2, -0.15) is 0 Å². The van der Waals surface area contributed by atoms with E-state index in [-0.39, 0.29) is 5.91 Å². The fourth-order valence-electron chi connectivity index (χ4n) is 2.72. The molecule has 2 aliphatic heterocycles. The normalized spacial score (nSPS) is 20.5. The summed E-state index contributed by atoms with van der Waals surface area (Å²) in [4.78, 5) is 24.3. The second-order valence-electron chi connectivity index (χ2n) is 6.07. The molecule has 1 unspecified atom stereocenters. The van der Waals surface area contributed by atoms with E-state index < -0.39 is 12.1 Å². The summed E-state index contributed by atoms with van der Waals surface area (Å²) in [6.07, 6.45) is 0.719. The van der Waals surface area contributed by atoms with Crippen LogP contribution in [0.15, 0.2) is 23.1 Å². The molecule has 2 aliphatic rings. The van der Waals surface area contributed by atoms with E-state index in [1.165, 1.54) is 30.8 Å². The molecule has 0 radical (unpaired) electrons. The number of thioether (sulfide) groups is 1. The van der Waals surface area contributed by atoms with Gasteiger partial charge in [0.2, 0.25) is 0 Å². The lowest BCUT2D eigenvalue weighted by molar-refractivity contribution is -0.144. The molecule has 0 spiro atoms. The number of carboxylic acid groups (broad SMARTS) is 1. The largest absolute Gasteiger partial charge is 0.493 e. The SMILES string of the molecule is COc1cc(/C=C2/SC(=S)N(N3CCOCC3)C2=O)ccc1OC(C)C(=O)O. The van der Waals surface area contributed by atoms with Crippen molar-refractivity contribution in [2.75, 3.05) is 33.4 Å². The Bertz CT molecular complexity index is 822. The van der Waals surface area contributed by atoms with E-state index in [1.54, 1.807) is 24.3 Å². The molecule has 1 aromatic rings. The van der Waals surface area contributed by atoms with E-state index in [0.717, 1.165) is 5.56 Å². The number of methoxy groups -OCH3 is 1. The van der Waals surface area contributed by atoms with Crippen molar-refractivity contribution < 1.29 is 28.9 Å². The highest BCUT2D eigenvalue weighted by molar-refractivity contribution is 8.26. The van der Waals surface area contributed by atoms with Crippen molar-refractivity contribution in [1.82, 2.24) is 10.0 Å². The molecule has 8 nitrogen and oxygen atoms in total. The molecule has 2 heterocycles. The van der Waals surface area contributed by atoms with Crippen molar-refractivity contribution in [3.05, 3.63) is 28.7 Å². The summed E-state index contributed by atoms with van der Waals surface area (Å²) in [7, 11) is 1.47. The lowest BCUT2D eigenvalue weighted by Gasteiger charge is -2.33. The van der Waals surface area contributed by atoms with Gasteiger partial charge in [-0.05, 0) is 30.7 Å². The predicted octanol–water partition coefficient (Wildman–Crippen LogP) is 2.00. The van der Waals surface area contributed by atoms with Crippen molar-refractivity contribution in [3.63, 3.8) is 0 Å². The maximum absolute atomic E-state index is 12.8. The summed E-state index contributed by atoms with van der Waals surface area (Å²) in [5, 5.41) is 12.4. The average Bonchev–Trinajstić information content (AvgIpc) is 2.96. The van der Waals surface area contributed by atoms with Gasteiger partial charge >= 0.3 is 5.97 Å². The van der Waals surface area contributed by atoms with Crippen molar-refractivity contribution in [2.45, 2.75) is 13.0 Å². The molecule has 10 heteroatoms. The van der Waals surface area contributed by atoms with E-state index in [9.17, 15) is 9.59 Å². The van der Waals surface area contributed by atoms with Gasteiger partial charge in [0.15, 0.2) is 21.9 Å². The van der Waals surface area contributed by atoms with Crippen LogP contribution in [0.5, 0.6) is 11.5 Å². The number of carbonyl (C=O) groups is 2. The molecular weight excluding hydrogens is 404 g/mol. The minimum atomic E-state index is -1.07. The number of thiocarbonyl (C=S) groups is 1. The molecule has 28 heavy (non-hydrogen) atoms. The molecule has 2 fully saturated rings. The molecule has 0 saturated carbocycles. The van der Waals surface area contributed by atoms with Crippen LogP contribution in [-0.2, 0) is 14.3 Å². The van der Waals surface area contributed by atoms with Crippen LogP contribution in [0, 0.1) is 0 Å². The monoisotopic (exact) mass is 424 g/mol. The second kappa shape index (κ2) is 8.91. The maximum Gasteiger partial charge on any atom is 0.344 e. The molecule has 1 N–H and O–H groups in total. The lowest BCUT2D eigenvalue weighted by Crippen LogP contribution is -2.50. The summed E-state index contributed by atoms with van der Waals surface area (Å²) in [6, 6.07) is 5.03. The number of carboxylic acids is 1. The van der Waals surface area contributed by atoms with Gasteiger partial charge in [-0.25, -0.2) is 14.8 Å². The first-order valence-electron chi connectivity index (χ1n) is 8.58. The summed E-state index contributed by atoms with van der Waals surface area (Å²) in [6.45, 7) is 3.78. The third-order valence-corrected chi connectivity index (χ3v) is 5.46. The summed E-state index contributed by atoms with van der Waals surface area (Å²) >= 11 is 6.62. The predicted molar refractivity (Wildman–Crippen MR) is 108 cm³/mol. The van der Waals surface area contributed by atoms with Crippen molar-refractivity contribution >= 4 is 46.3 Å². The number of nitrogens with zero attached hydrogens (tertiary/aromatic N) is 2. The molecular formula is C18H20N2O6S2. The summed E-state index contributed by atoms with van der Waals surface area (Å²) in [5.74, 6) is -0.547. The minimum Gasteiger partial charge on any atom is -0.493 e. The molecule has 3 rings (SSSR count). The van der Waals surface area contributed by atoms with Crippen LogP contribution in [0.3, 0.4) is 0 Å². The Morgan fingerprint density at radius 2 is 2.07 bits per heavy atom. The highest BCUT2D eigenvalue weighted by atomic mass is 32.2. The highest BCUT2D eigenvalue weighted by Crippen LogP contribution is 2.35. The first-order chi connectivity index (χ1) is 13.4.